The molecule has 0 heterocycles. The summed E-state index contributed by atoms with van der Waals surface area (Å²) in [5.41, 5.74) is 0.781. The molecular weight excluding hydrogens is 549 g/mol. The van der Waals surface area contributed by atoms with Gasteiger partial charge in [-0.25, -0.2) is 0 Å². The van der Waals surface area contributed by atoms with Gasteiger partial charge in [-0.15, -0.1) is 0 Å². The normalized spacial score (nSPS) is 9.94. The third-order valence-electron chi connectivity index (χ3n) is 5.11. The Morgan fingerprint density at radius 2 is 0.706 bits per heavy atom. The zero-order chi connectivity index (χ0) is 22.0. The Balaban J connectivity index is 0. The Morgan fingerprint density at radius 3 is 0.882 bits per heavy atom. The number of carboxylic acid groups (broad SMARTS) is 4. The van der Waals surface area contributed by atoms with E-state index < -0.39 is 48.6 Å². The number of benzene rings is 3. The van der Waals surface area contributed by atoms with Gasteiger partial charge in [0.15, 0.2) is 0 Å². The first kappa shape index (κ1) is 38.8. The van der Waals surface area contributed by atoms with Gasteiger partial charge in [0.05, 0.1) is 23.9 Å². The molecule has 3 aromatic rings. The van der Waals surface area contributed by atoms with Crippen LogP contribution in [-0.2, 0) is 32.0 Å². The van der Waals surface area contributed by atoms with Crippen LogP contribution in [0.25, 0.3) is 21.5 Å². The second-order valence-corrected chi connectivity index (χ2v) is 6.84. The van der Waals surface area contributed by atoms with Crippen molar-refractivity contribution in [1.29, 1.82) is 0 Å². The van der Waals surface area contributed by atoms with E-state index in [1.165, 1.54) is 0 Å². The summed E-state index contributed by atoms with van der Waals surface area (Å²) in [6.07, 6.45) is -0.841. The third kappa shape index (κ3) is 9.36. The van der Waals surface area contributed by atoms with E-state index in [-0.39, 0.29) is 206 Å². The van der Waals surface area contributed by atoms with E-state index >= 15 is 0 Å². The molecule has 0 amide bonds. The number of aliphatic carboxylic acids is 4. The number of fused-ring (bicyclic) bond motifs is 2. The molecule has 12 heteroatoms. The molecule has 0 spiro atoms. The monoisotopic (exact) mass is 562 g/mol. The summed E-state index contributed by atoms with van der Waals surface area (Å²) in [4.78, 5) is 45.2. The molecule has 0 aliphatic carbocycles. The SMILES string of the molecule is O=C([O-])C(Cc1c2ccccc2c(CC(C(=O)[O-])C(=O)[O-])c2ccccc12)C(=O)[O-].[K+].[K+].[K+].[K+]. The number of hydrogen-bond donors (Lipinski definition) is 0. The maximum Gasteiger partial charge on any atom is 1.00 e. The van der Waals surface area contributed by atoms with Gasteiger partial charge in [0.2, 0.25) is 0 Å². The van der Waals surface area contributed by atoms with E-state index in [0.29, 0.717) is 32.7 Å². The van der Waals surface area contributed by atoms with Gasteiger partial charge >= 0.3 is 206 Å². The summed E-state index contributed by atoms with van der Waals surface area (Å²) in [6.45, 7) is 0. The predicted octanol–water partition coefficient (Wildman–Crippen LogP) is -14.7. The number of carboxylic acids is 4. The van der Waals surface area contributed by atoms with Gasteiger partial charge < -0.3 is 39.6 Å². The molecule has 0 aliphatic heterocycles. The molecule has 0 aromatic heterocycles. The Hall–Kier alpha value is 2.61. The van der Waals surface area contributed by atoms with Crippen LogP contribution in [0.4, 0.5) is 0 Å². The van der Waals surface area contributed by atoms with E-state index in [9.17, 15) is 39.6 Å². The maximum absolute atomic E-state index is 11.3. The van der Waals surface area contributed by atoms with Crippen molar-refractivity contribution < 1.29 is 245 Å². The summed E-state index contributed by atoms with van der Waals surface area (Å²) in [5, 5.41) is 47.1. The minimum absolute atomic E-state index is 0. The van der Waals surface area contributed by atoms with E-state index in [0.717, 1.165) is 0 Å². The Bertz CT molecular complexity index is 1020. The van der Waals surface area contributed by atoms with Crippen molar-refractivity contribution in [3.05, 3.63) is 59.7 Å². The zero-order valence-electron chi connectivity index (χ0n) is 19.5. The molecule has 3 rings (SSSR count). The van der Waals surface area contributed by atoms with Crippen molar-refractivity contribution in [2.45, 2.75) is 12.8 Å². The third-order valence-corrected chi connectivity index (χ3v) is 5.11. The molecule has 0 fully saturated rings. The van der Waals surface area contributed by atoms with E-state index in [2.05, 4.69) is 0 Å². The van der Waals surface area contributed by atoms with Crippen molar-refractivity contribution >= 4 is 45.4 Å². The van der Waals surface area contributed by atoms with Crippen LogP contribution in [0.3, 0.4) is 0 Å². The summed E-state index contributed by atoms with van der Waals surface area (Å²) in [6, 6.07) is 13.1. The minimum atomic E-state index is -1.90. The van der Waals surface area contributed by atoms with Gasteiger partial charge in [0, 0.05) is 11.8 Å². The van der Waals surface area contributed by atoms with Gasteiger partial charge in [0.25, 0.3) is 0 Å². The van der Waals surface area contributed by atoms with Gasteiger partial charge in [-0.05, 0) is 45.5 Å². The standard InChI is InChI=1S/C22H18O8.4K/c23-19(24)17(20(25)26)9-15-11-5-1-2-6-12(11)16(10-18(21(27)28)22(29)30)14-8-4-3-7-13(14)15;;;;/h1-8,17-18H,9-10H2,(H,23,24)(H,25,26)(H,27,28)(H,29,30);;;;/q;4*+1/p-4. The fraction of sp³-hybridized carbons (Fsp3) is 0.182. The van der Waals surface area contributed by atoms with Crippen molar-refractivity contribution in [2.75, 3.05) is 0 Å². The summed E-state index contributed by atoms with van der Waals surface area (Å²) in [5.74, 6) is -11.0. The summed E-state index contributed by atoms with van der Waals surface area (Å²) in [7, 11) is 0. The second kappa shape index (κ2) is 18.0. The molecule has 0 saturated carbocycles. The van der Waals surface area contributed by atoms with E-state index in [4.69, 9.17) is 0 Å². The Labute approximate surface area is 365 Å². The van der Waals surface area contributed by atoms with Crippen LogP contribution in [0.5, 0.6) is 0 Å². The molecule has 0 saturated heterocycles. The van der Waals surface area contributed by atoms with Crippen LogP contribution in [0.1, 0.15) is 11.1 Å². The molecule has 0 atom stereocenters. The number of carbonyl (C=O) groups excluding carboxylic acids is 4. The van der Waals surface area contributed by atoms with Crippen molar-refractivity contribution in [3.8, 4) is 0 Å². The Morgan fingerprint density at radius 1 is 0.500 bits per heavy atom. The van der Waals surface area contributed by atoms with Crippen molar-refractivity contribution in [2.24, 2.45) is 11.8 Å². The van der Waals surface area contributed by atoms with Crippen LogP contribution in [0.15, 0.2) is 48.5 Å². The van der Waals surface area contributed by atoms with Crippen molar-refractivity contribution in [1.82, 2.24) is 0 Å². The van der Waals surface area contributed by atoms with Crippen molar-refractivity contribution in [3.63, 3.8) is 0 Å². The minimum Gasteiger partial charge on any atom is -0.549 e. The molecule has 154 valence electrons. The molecule has 0 aliphatic rings. The molecule has 34 heavy (non-hydrogen) atoms. The molecule has 0 radical (unpaired) electrons. The quantitative estimate of drug-likeness (QED) is 0.149. The molecule has 3 aromatic carbocycles. The number of rotatable bonds is 8. The van der Waals surface area contributed by atoms with Gasteiger partial charge in [-0.1, -0.05) is 48.5 Å². The largest absolute Gasteiger partial charge is 1.00 e. The summed E-state index contributed by atoms with van der Waals surface area (Å²) >= 11 is 0. The smallest absolute Gasteiger partial charge is 0.549 e. The van der Waals surface area contributed by atoms with Crippen LogP contribution >= 0.6 is 0 Å². The van der Waals surface area contributed by atoms with Crippen LogP contribution in [0, 0.1) is 11.8 Å². The number of carbonyl (C=O) groups is 4. The molecular formula is C22H14K4O8. The Kier molecular flexibility index (Phi) is 20.6. The van der Waals surface area contributed by atoms with Crippen LogP contribution in [-0.4, -0.2) is 23.9 Å². The van der Waals surface area contributed by atoms with Gasteiger partial charge in [-0.2, -0.15) is 0 Å². The number of hydrogen-bond acceptors (Lipinski definition) is 8. The molecule has 0 bridgehead atoms. The van der Waals surface area contributed by atoms with Crippen LogP contribution < -0.4 is 226 Å². The summed E-state index contributed by atoms with van der Waals surface area (Å²) < 4.78 is 0. The molecule has 0 N–H and O–H groups in total. The first-order valence-corrected chi connectivity index (χ1v) is 8.97. The fourth-order valence-corrected chi connectivity index (χ4v) is 3.68. The van der Waals surface area contributed by atoms with E-state index in [1.807, 2.05) is 0 Å². The predicted molar refractivity (Wildman–Crippen MR) is 95.9 cm³/mol. The van der Waals surface area contributed by atoms with Gasteiger partial charge in [0.1, 0.15) is 0 Å². The second-order valence-electron chi connectivity index (χ2n) is 6.84. The maximum atomic E-state index is 11.3. The van der Waals surface area contributed by atoms with E-state index in [1.54, 1.807) is 48.5 Å². The fourth-order valence-electron chi connectivity index (χ4n) is 3.68. The van der Waals surface area contributed by atoms with Crippen LogP contribution in [0.2, 0.25) is 0 Å². The first-order chi connectivity index (χ1) is 14.2. The first-order valence-electron chi connectivity index (χ1n) is 8.97. The zero-order valence-corrected chi connectivity index (χ0v) is 31.9. The average molecular weight is 563 g/mol. The topological polar surface area (TPSA) is 161 Å². The molecule has 0 unspecified atom stereocenters. The average Bonchev–Trinajstić information content (AvgIpc) is 2.69. The van der Waals surface area contributed by atoms with Gasteiger partial charge in [-0.3, -0.25) is 0 Å². The molecule has 8 nitrogen and oxygen atoms in total.